The second-order valence-electron chi connectivity index (χ2n) is 5.27. The Morgan fingerprint density at radius 2 is 2.26 bits per heavy atom. The molecule has 0 aliphatic carbocycles. The lowest BCUT2D eigenvalue weighted by Gasteiger charge is -2.31. The fourth-order valence-corrected chi connectivity index (χ4v) is 3.12. The third-order valence-electron chi connectivity index (χ3n) is 4.04. The predicted octanol–water partition coefficient (Wildman–Crippen LogP) is 2.41. The molecule has 0 spiro atoms. The van der Waals surface area contributed by atoms with Gasteiger partial charge >= 0.3 is 5.97 Å². The zero-order valence-electron chi connectivity index (χ0n) is 11.6. The Morgan fingerprint density at radius 3 is 2.84 bits per heavy atom. The molecule has 1 N–H and O–H groups in total. The monoisotopic (exact) mass is 329 g/mol. The van der Waals surface area contributed by atoms with Crippen LogP contribution in [0.5, 0.6) is 0 Å². The molecule has 1 aromatic rings. The first kappa shape index (κ1) is 14.5. The van der Waals surface area contributed by atoms with Crippen molar-refractivity contribution in [1.29, 1.82) is 0 Å². The fraction of sp³-hybridized carbons (Fsp3) is 0.692. The van der Waals surface area contributed by atoms with Crippen LogP contribution in [-0.2, 0) is 17.9 Å². The average Bonchev–Trinajstić information content (AvgIpc) is 2.86. The van der Waals surface area contributed by atoms with Gasteiger partial charge in [0, 0.05) is 13.1 Å². The highest BCUT2D eigenvalue weighted by molar-refractivity contribution is 9.10. The summed E-state index contributed by atoms with van der Waals surface area (Å²) in [6, 6.07) is 0. The first-order chi connectivity index (χ1) is 8.90. The number of carbonyl (C=O) groups is 1. The van der Waals surface area contributed by atoms with Crippen LogP contribution in [0.3, 0.4) is 0 Å². The normalized spacial score (nSPS) is 24.0. The SMILES string of the molecule is CCn1nc(C)c(Br)c1CN1CCCC1(C)C(=O)O. The van der Waals surface area contributed by atoms with Gasteiger partial charge in [0.15, 0.2) is 0 Å². The van der Waals surface area contributed by atoms with Crippen LogP contribution in [0.4, 0.5) is 0 Å². The third kappa shape index (κ3) is 2.43. The summed E-state index contributed by atoms with van der Waals surface area (Å²) in [6.07, 6.45) is 1.64. The summed E-state index contributed by atoms with van der Waals surface area (Å²) in [5, 5.41) is 13.9. The molecule has 0 bridgehead atoms. The van der Waals surface area contributed by atoms with Crippen molar-refractivity contribution < 1.29 is 9.90 Å². The molecule has 0 aromatic carbocycles. The van der Waals surface area contributed by atoms with Gasteiger partial charge in [-0.05, 0) is 56.1 Å². The topological polar surface area (TPSA) is 58.4 Å². The van der Waals surface area contributed by atoms with E-state index in [9.17, 15) is 9.90 Å². The molecule has 2 heterocycles. The number of carboxylic acid groups (broad SMARTS) is 1. The van der Waals surface area contributed by atoms with Crippen molar-refractivity contribution in [2.75, 3.05) is 6.54 Å². The van der Waals surface area contributed by atoms with E-state index in [0.717, 1.165) is 35.4 Å². The first-order valence-electron chi connectivity index (χ1n) is 6.60. The van der Waals surface area contributed by atoms with E-state index in [1.807, 2.05) is 30.4 Å². The molecule has 1 fully saturated rings. The largest absolute Gasteiger partial charge is 0.480 e. The highest BCUT2D eigenvalue weighted by Crippen LogP contribution is 2.32. The number of rotatable bonds is 4. The minimum Gasteiger partial charge on any atom is -0.480 e. The molecule has 6 heteroatoms. The van der Waals surface area contributed by atoms with E-state index in [2.05, 4.69) is 21.0 Å². The molecular formula is C13H20BrN3O2. The smallest absolute Gasteiger partial charge is 0.323 e. The fourth-order valence-electron chi connectivity index (χ4n) is 2.72. The van der Waals surface area contributed by atoms with Crippen molar-refractivity contribution in [3.05, 3.63) is 15.9 Å². The van der Waals surface area contributed by atoms with Gasteiger partial charge in [0.2, 0.25) is 0 Å². The van der Waals surface area contributed by atoms with Gasteiger partial charge in [0.1, 0.15) is 5.54 Å². The maximum Gasteiger partial charge on any atom is 0.323 e. The number of aliphatic carboxylic acids is 1. The van der Waals surface area contributed by atoms with E-state index in [-0.39, 0.29) is 0 Å². The molecule has 1 aromatic heterocycles. The minimum absolute atomic E-state index is 0.623. The standard InChI is InChI=1S/C13H20BrN3O2/c1-4-17-10(11(14)9(2)15-17)8-16-7-5-6-13(16,3)12(18)19/h4-8H2,1-3H3,(H,18,19). The number of likely N-dealkylation sites (tertiary alicyclic amines) is 1. The van der Waals surface area contributed by atoms with Gasteiger partial charge in [-0.15, -0.1) is 0 Å². The van der Waals surface area contributed by atoms with E-state index in [4.69, 9.17) is 0 Å². The molecular weight excluding hydrogens is 310 g/mol. The van der Waals surface area contributed by atoms with Crippen LogP contribution in [0.1, 0.15) is 38.1 Å². The van der Waals surface area contributed by atoms with Crippen LogP contribution >= 0.6 is 15.9 Å². The molecule has 0 amide bonds. The molecule has 1 aliphatic heterocycles. The van der Waals surface area contributed by atoms with Crippen LogP contribution in [0, 0.1) is 6.92 Å². The van der Waals surface area contributed by atoms with Gasteiger partial charge in [0.25, 0.3) is 0 Å². The Balaban J connectivity index is 2.29. The Kier molecular flexibility index (Phi) is 4.01. The molecule has 1 aliphatic rings. The van der Waals surface area contributed by atoms with Crippen molar-refractivity contribution in [1.82, 2.24) is 14.7 Å². The first-order valence-corrected chi connectivity index (χ1v) is 7.39. The van der Waals surface area contributed by atoms with Gasteiger partial charge in [-0.25, -0.2) is 0 Å². The number of hydrogen-bond donors (Lipinski definition) is 1. The van der Waals surface area contributed by atoms with Crippen LogP contribution in [0.15, 0.2) is 4.47 Å². The van der Waals surface area contributed by atoms with E-state index in [1.54, 1.807) is 0 Å². The van der Waals surface area contributed by atoms with E-state index in [1.165, 1.54) is 0 Å². The molecule has 1 saturated heterocycles. The molecule has 2 rings (SSSR count). The molecule has 1 unspecified atom stereocenters. The summed E-state index contributed by atoms with van der Waals surface area (Å²) in [5.74, 6) is -0.736. The van der Waals surface area contributed by atoms with Gasteiger partial charge in [-0.1, -0.05) is 0 Å². The zero-order valence-corrected chi connectivity index (χ0v) is 13.2. The minimum atomic E-state index is -0.754. The Bertz CT molecular complexity index is 500. The number of halogens is 1. The van der Waals surface area contributed by atoms with Crippen molar-refractivity contribution in [3.8, 4) is 0 Å². The van der Waals surface area contributed by atoms with Crippen molar-refractivity contribution >= 4 is 21.9 Å². The predicted molar refractivity (Wildman–Crippen MR) is 76.0 cm³/mol. The molecule has 5 nitrogen and oxygen atoms in total. The summed E-state index contributed by atoms with van der Waals surface area (Å²) < 4.78 is 2.94. The second-order valence-corrected chi connectivity index (χ2v) is 6.06. The lowest BCUT2D eigenvalue weighted by atomic mass is 9.99. The van der Waals surface area contributed by atoms with E-state index >= 15 is 0 Å². The molecule has 0 radical (unpaired) electrons. The maximum absolute atomic E-state index is 11.5. The third-order valence-corrected chi connectivity index (χ3v) is 5.08. The van der Waals surface area contributed by atoms with Gasteiger partial charge < -0.3 is 5.11 Å². The molecule has 106 valence electrons. The van der Waals surface area contributed by atoms with E-state index in [0.29, 0.717) is 13.0 Å². The summed E-state index contributed by atoms with van der Waals surface area (Å²) in [6.45, 7) is 8.05. The second kappa shape index (κ2) is 5.25. The Hall–Kier alpha value is -0.880. The van der Waals surface area contributed by atoms with Gasteiger partial charge in [-0.3, -0.25) is 14.4 Å². The summed E-state index contributed by atoms with van der Waals surface area (Å²) in [7, 11) is 0. The van der Waals surface area contributed by atoms with E-state index < -0.39 is 11.5 Å². The highest BCUT2D eigenvalue weighted by atomic mass is 79.9. The molecule has 1 atom stereocenters. The number of carboxylic acids is 1. The number of aromatic nitrogens is 2. The maximum atomic E-state index is 11.5. The van der Waals surface area contributed by atoms with Crippen molar-refractivity contribution in [2.24, 2.45) is 0 Å². The van der Waals surface area contributed by atoms with Crippen LogP contribution in [0.2, 0.25) is 0 Å². The van der Waals surface area contributed by atoms with Gasteiger partial charge in [0.05, 0.1) is 15.9 Å². The summed E-state index contributed by atoms with van der Waals surface area (Å²) in [5.41, 5.74) is 1.26. The highest BCUT2D eigenvalue weighted by Gasteiger charge is 2.43. The Morgan fingerprint density at radius 1 is 1.58 bits per heavy atom. The van der Waals surface area contributed by atoms with Crippen molar-refractivity contribution in [3.63, 3.8) is 0 Å². The zero-order chi connectivity index (χ0) is 14.2. The number of aryl methyl sites for hydroxylation is 2. The lowest BCUT2D eigenvalue weighted by Crippen LogP contribution is -2.47. The molecule has 19 heavy (non-hydrogen) atoms. The lowest BCUT2D eigenvalue weighted by molar-refractivity contribution is -0.149. The molecule has 0 saturated carbocycles. The van der Waals surface area contributed by atoms with Crippen LogP contribution in [-0.4, -0.2) is 37.8 Å². The average molecular weight is 330 g/mol. The number of hydrogen-bond acceptors (Lipinski definition) is 3. The summed E-state index contributed by atoms with van der Waals surface area (Å²) >= 11 is 3.57. The van der Waals surface area contributed by atoms with Crippen LogP contribution in [0.25, 0.3) is 0 Å². The van der Waals surface area contributed by atoms with Crippen LogP contribution < -0.4 is 0 Å². The quantitative estimate of drug-likeness (QED) is 0.921. The van der Waals surface area contributed by atoms with Crippen molar-refractivity contribution in [2.45, 2.75) is 52.2 Å². The summed E-state index contributed by atoms with van der Waals surface area (Å²) in [4.78, 5) is 13.5. The van der Waals surface area contributed by atoms with Gasteiger partial charge in [-0.2, -0.15) is 5.10 Å². The Labute approximate surface area is 121 Å². The number of nitrogens with zero attached hydrogens (tertiary/aromatic N) is 3.